The lowest BCUT2D eigenvalue weighted by molar-refractivity contribution is -0.167. The van der Waals surface area contributed by atoms with Gasteiger partial charge < -0.3 is 14.2 Å². The fourth-order valence-electron chi connectivity index (χ4n) is 7.85. The Hall–Kier alpha value is -4.19. The van der Waals surface area contributed by atoms with E-state index in [0.29, 0.717) is 19.3 Å². The predicted molar refractivity (Wildman–Crippen MR) is 311 cm³/mol. The highest BCUT2D eigenvalue weighted by molar-refractivity contribution is 5.71. The Morgan fingerprint density at radius 1 is 0.292 bits per heavy atom. The molecule has 0 amide bonds. The van der Waals surface area contributed by atoms with Gasteiger partial charge in [-0.1, -0.05) is 251 Å². The number of allylic oxidation sites excluding steroid dienone is 20. The van der Waals surface area contributed by atoms with Gasteiger partial charge in [0.25, 0.3) is 0 Å². The number of esters is 3. The summed E-state index contributed by atoms with van der Waals surface area (Å²) in [6, 6.07) is 0. The molecule has 0 aliphatic rings. The minimum Gasteiger partial charge on any atom is -0.462 e. The van der Waals surface area contributed by atoms with E-state index in [4.69, 9.17) is 14.2 Å². The molecular weight excluding hydrogens is 889 g/mol. The van der Waals surface area contributed by atoms with Crippen LogP contribution >= 0.6 is 0 Å². The molecule has 0 aliphatic heterocycles. The lowest BCUT2D eigenvalue weighted by atomic mass is 10.0. The van der Waals surface area contributed by atoms with E-state index in [9.17, 15) is 14.4 Å². The number of rotatable bonds is 52. The van der Waals surface area contributed by atoms with E-state index in [-0.39, 0.29) is 37.5 Å². The second-order valence-electron chi connectivity index (χ2n) is 19.1. The average molecular weight is 998 g/mol. The van der Waals surface area contributed by atoms with E-state index in [0.717, 1.165) is 116 Å². The highest BCUT2D eigenvalue weighted by atomic mass is 16.6. The van der Waals surface area contributed by atoms with Crippen molar-refractivity contribution in [1.29, 1.82) is 0 Å². The maximum Gasteiger partial charge on any atom is 0.306 e. The van der Waals surface area contributed by atoms with Crippen LogP contribution in [0.5, 0.6) is 0 Å². The molecule has 1 atom stereocenters. The van der Waals surface area contributed by atoms with E-state index in [1.54, 1.807) is 0 Å². The lowest BCUT2D eigenvalue weighted by Crippen LogP contribution is -2.30. The van der Waals surface area contributed by atoms with Gasteiger partial charge in [0, 0.05) is 19.3 Å². The highest BCUT2D eigenvalue weighted by Crippen LogP contribution is 2.15. The van der Waals surface area contributed by atoms with Gasteiger partial charge in [0.2, 0.25) is 0 Å². The van der Waals surface area contributed by atoms with E-state index in [1.807, 2.05) is 0 Å². The van der Waals surface area contributed by atoms with Crippen molar-refractivity contribution in [3.63, 3.8) is 0 Å². The van der Waals surface area contributed by atoms with Crippen LogP contribution in [0.4, 0.5) is 0 Å². The third-order valence-electron chi connectivity index (χ3n) is 12.2. The van der Waals surface area contributed by atoms with Crippen molar-refractivity contribution in [2.45, 2.75) is 264 Å². The van der Waals surface area contributed by atoms with Crippen LogP contribution in [0.2, 0.25) is 0 Å². The third kappa shape index (κ3) is 56.7. The van der Waals surface area contributed by atoms with Gasteiger partial charge in [-0.3, -0.25) is 14.4 Å². The van der Waals surface area contributed by atoms with Gasteiger partial charge in [0.05, 0.1) is 0 Å². The first-order valence-electron chi connectivity index (χ1n) is 29.5. The summed E-state index contributed by atoms with van der Waals surface area (Å²) in [4.78, 5) is 38.0. The Bertz CT molecular complexity index is 1520. The largest absolute Gasteiger partial charge is 0.462 e. The molecule has 1 unspecified atom stereocenters. The minimum atomic E-state index is -0.799. The number of carbonyl (C=O) groups excluding carboxylic acids is 3. The molecule has 72 heavy (non-hydrogen) atoms. The van der Waals surface area contributed by atoms with E-state index >= 15 is 0 Å². The van der Waals surface area contributed by atoms with E-state index in [1.165, 1.54) is 96.3 Å². The molecule has 0 aliphatic carbocycles. The summed E-state index contributed by atoms with van der Waals surface area (Å²) in [6.45, 7) is 6.34. The third-order valence-corrected chi connectivity index (χ3v) is 12.2. The molecule has 0 saturated carbocycles. The van der Waals surface area contributed by atoms with Gasteiger partial charge >= 0.3 is 17.9 Å². The van der Waals surface area contributed by atoms with Crippen molar-refractivity contribution in [3.05, 3.63) is 122 Å². The lowest BCUT2D eigenvalue weighted by Gasteiger charge is -2.18. The van der Waals surface area contributed by atoms with Crippen LogP contribution in [-0.2, 0) is 28.6 Å². The Morgan fingerprint density at radius 3 is 0.875 bits per heavy atom. The number of unbranched alkanes of at least 4 members (excludes halogenated alkanes) is 21. The molecule has 0 aromatic heterocycles. The van der Waals surface area contributed by atoms with Gasteiger partial charge in [-0.25, -0.2) is 0 Å². The monoisotopic (exact) mass is 997 g/mol. The summed E-state index contributed by atoms with van der Waals surface area (Å²) in [5, 5.41) is 0. The van der Waals surface area contributed by atoms with E-state index in [2.05, 4.69) is 142 Å². The second kappa shape index (κ2) is 59.4. The zero-order chi connectivity index (χ0) is 52.2. The molecule has 0 spiro atoms. The average Bonchev–Trinajstić information content (AvgIpc) is 3.38. The Kier molecular flexibility index (Phi) is 55.9. The Morgan fingerprint density at radius 2 is 0.542 bits per heavy atom. The molecule has 0 rings (SSSR count). The fraction of sp³-hybridized carbons (Fsp3) is 0.652. The second-order valence-corrected chi connectivity index (χ2v) is 19.1. The summed E-state index contributed by atoms with van der Waals surface area (Å²) < 4.78 is 16.8. The molecule has 0 saturated heterocycles. The smallest absolute Gasteiger partial charge is 0.306 e. The molecule has 0 heterocycles. The van der Waals surface area contributed by atoms with Crippen LogP contribution in [-0.4, -0.2) is 37.2 Å². The number of hydrogen-bond acceptors (Lipinski definition) is 6. The number of carbonyl (C=O) groups is 3. The number of hydrogen-bond donors (Lipinski definition) is 0. The van der Waals surface area contributed by atoms with Crippen molar-refractivity contribution in [2.75, 3.05) is 13.2 Å². The summed E-state index contributed by atoms with van der Waals surface area (Å²) in [7, 11) is 0. The van der Waals surface area contributed by atoms with Crippen LogP contribution in [0.25, 0.3) is 0 Å². The summed E-state index contributed by atoms with van der Waals surface area (Å²) >= 11 is 0. The van der Waals surface area contributed by atoms with Gasteiger partial charge in [-0.15, -0.1) is 0 Å². The summed E-state index contributed by atoms with van der Waals surface area (Å²) in [5.41, 5.74) is 0. The van der Waals surface area contributed by atoms with Crippen LogP contribution in [0, 0.1) is 0 Å². The van der Waals surface area contributed by atoms with Crippen molar-refractivity contribution in [1.82, 2.24) is 0 Å². The standard InChI is InChI=1S/C66H108O6/c1-4-7-10-13-16-19-21-23-25-26-27-28-29-30-31-32-33-34-35-36-37-38-39-40-42-43-45-47-50-53-56-59-65(68)71-62-63(61-70-64(67)58-55-52-49-18-15-12-9-6-3)72-66(69)60-57-54-51-48-46-44-41-24-22-20-17-14-11-8-5-2/h7-8,10-11,16-17,19-20,23-25,27-28,30-31,33-34,41,46,48,63H,4-6,9,12-15,18,21-22,26,29,32,35-40,42-45,47,49-62H2,1-3H3/b10-7-,11-8-,19-16-,20-17-,25-23-,28-27-,31-30-,34-33-,41-24-,48-46-. The molecule has 0 aromatic carbocycles. The highest BCUT2D eigenvalue weighted by Gasteiger charge is 2.19. The van der Waals surface area contributed by atoms with Crippen LogP contribution < -0.4 is 0 Å². The van der Waals surface area contributed by atoms with Gasteiger partial charge in [-0.05, 0) is 109 Å². The fourth-order valence-corrected chi connectivity index (χ4v) is 7.85. The first-order valence-corrected chi connectivity index (χ1v) is 29.5. The summed E-state index contributed by atoms with van der Waals surface area (Å²) in [6.07, 6.45) is 82.2. The molecule has 0 fully saturated rings. The maximum atomic E-state index is 12.8. The zero-order valence-electron chi connectivity index (χ0n) is 46.7. The topological polar surface area (TPSA) is 78.9 Å². The molecule has 0 aromatic rings. The van der Waals surface area contributed by atoms with Crippen LogP contribution in [0.3, 0.4) is 0 Å². The zero-order valence-corrected chi connectivity index (χ0v) is 46.7. The van der Waals surface area contributed by atoms with Gasteiger partial charge in [-0.2, -0.15) is 0 Å². The van der Waals surface area contributed by atoms with Crippen molar-refractivity contribution >= 4 is 17.9 Å². The van der Waals surface area contributed by atoms with Crippen molar-refractivity contribution in [2.24, 2.45) is 0 Å². The molecular formula is C66H108O6. The van der Waals surface area contributed by atoms with Gasteiger partial charge in [0.15, 0.2) is 6.10 Å². The molecule has 408 valence electrons. The molecule has 0 N–H and O–H groups in total. The van der Waals surface area contributed by atoms with Crippen molar-refractivity contribution < 1.29 is 28.6 Å². The maximum absolute atomic E-state index is 12.8. The van der Waals surface area contributed by atoms with Crippen LogP contribution in [0.15, 0.2) is 122 Å². The predicted octanol–water partition coefficient (Wildman–Crippen LogP) is 20.0. The van der Waals surface area contributed by atoms with Crippen molar-refractivity contribution in [3.8, 4) is 0 Å². The Labute approximate surface area is 443 Å². The van der Waals surface area contributed by atoms with Crippen LogP contribution in [0.1, 0.15) is 258 Å². The molecule has 6 heteroatoms. The molecule has 0 radical (unpaired) electrons. The minimum absolute atomic E-state index is 0.0953. The first kappa shape index (κ1) is 67.8. The number of ether oxygens (including phenoxy) is 3. The van der Waals surface area contributed by atoms with Gasteiger partial charge in [0.1, 0.15) is 13.2 Å². The van der Waals surface area contributed by atoms with E-state index < -0.39 is 6.10 Å². The molecule has 6 nitrogen and oxygen atoms in total. The quantitative estimate of drug-likeness (QED) is 0.0261. The molecule has 0 bridgehead atoms. The summed E-state index contributed by atoms with van der Waals surface area (Å²) in [5.74, 6) is -0.945. The SMILES string of the molecule is CC/C=C\C/C=C\C/C=C\C/C=C\C/C=C\C/C=C\CCCCCCCCCCCCCCC(=O)OCC(COC(=O)CCCCCCCCCC)OC(=O)CCCC/C=C\C/C=C\C/C=C\C/C=C\CC. The first-order chi connectivity index (χ1) is 35.5. The normalized spacial score (nSPS) is 13.0. The Balaban J connectivity index is 4.17.